The van der Waals surface area contributed by atoms with Crippen LogP contribution in [0.1, 0.15) is 34.1 Å². The van der Waals surface area contributed by atoms with Crippen LogP contribution in [-0.2, 0) is 4.74 Å². The van der Waals surface area contributed by atoms with Gasteiger partial charge in [-0.15, -0.1) is 11.8 Å². The zero-order valence-corrected chi connectivity index (χ0v) is 12.8. The average molecular weight is 331 g/mol. The van der Waals surface area contributed by atoms with Crippen molar-refractivity contribution in [3.8, 4) is 0 Å². The van der Waals surface area contributed by atoms with Crippen LogP contribution in [0.2, 0.25) is 0 Å². The molecule has 0 aliphatic heterocycles. The van der Waals surface area contributed by atoms with Crippen LogP contribution in [0.5, 0.6) is 0 Å². The Balaban J connectivity index is 3.09. The summed E-state index contributed by atoms with van der Waals surface area (Å²) in [5.74, 6) is -0.361. The first-order chi connectivity index (χ1) is 8.63. The molecule has 0 unspecified atom stereocenters. The number of Topliss-reactive ketones (excluding diaryl/α,β-unsaturated/α-hetero) is 1. The van der Waals surface area contributed by atoms with Gasteiger partial charge in [-0.25, -0.2) is 4.79 Å². The molecule has 0 aromatic heterocycles. The van der Waals surface area contributed by atoms with Crippen molar-refractivity contribution in [1.29, 1.82) is 0 Å². The van der Waals surface area contributed by atoms with Crippen LogP contribution in [0.3, 0.4) is 0 Å². The van der Waals surface area contributed by atoms with Crippen molar-refractivity contribution >= 4 is 39.4 Å². The number of halogens is 1. The van der Waals surface area contributed by atoms with Gasteiger partial charge in [-0.1, -0.05) is 15.9 Å². The van der Waals surface area contributed by atoms with E-state index >= 15 is 0 Å². The van der Waals surface area contributed by atoms with Gasteiger partial charge >= 0.3 is 5.97 Å². The second-order valence-corrected chi connectivity index (χ2v) is 5.14. The Morgan fingerprint density at radius 1 is 1.39 bits per heavy atom. The van der Waals surface area contributed by atoms with Gasteiger partial charge in [0.2, 0.25) is 0 Å². The van der Waals surface area contributed by atoms with Crippen LogP contribution in [0.25, 0.3) is 0 Å². The molecular weight excluding hydrogens is 316 g/mol. The maximum Gasteiger partial charge on any atom is 0.338 e. The Morgan fingerprint density at radius 3 is 2.67 bits per heavy atom. The highest BCUT2D eigenvalue weighted by atomic mass is 79.9. The Bertz CT molecular complexity index is 446. The summed E-state index contributed by atoms with van der Waals surface area (Å²) in [5.41, 5.74) is 1.01. The Hall–Kier alpha value is -0.810. The number of thioether (sulfide) groups is 1. The Kier molecular flexibility index (Phi) is 6.43. The van der Waals surface area contributed by atoms with Crippen LogP contribution in [-0.4, -0.2) is 29.9 Å². The number of esters is 1. The third-order valence-corrected chi connectivity index (χ3v) is 3.52. The number of benzene rings is 1. The van der Waals surface area contributed by atoms with Crippen LogP contribution >= 0.6 is 27.7 Å². The molecule has 0 atom stereocenters. The summed E-state index contributed by atoms with van der Waals surface area (Å²) in [7, 11) is 0. The lowest BCUT2D eigenvalue weighted by Gasteiger charge is -2.08. The van der Waals surface area contributed by atoms with E-state index in [2.05, 4.69) is 15.9 Å². The van der Waals surface area contributed by atoms with Crippen molar-refractivity contribution in [3.63, 3.8) is 0 Å². The van der Waals surface area contributed by atoms with E-state index in [4.69, 9.17) is 4.74 Å². The molecule has 18 heavy (non-hydrogen) atoms. The number of alkyl halides is 1. The smallest absolute Gasteiger partial charge is 0.338 e. The number of carbonyl (C=O) groups excluding carboxylic acids is 2. The Labute approximate surface area is 119 Å². The van der Waals surface area contributed by atoms with E-state index < -0.39 is 5.97 Å². The van der Waals surface area contributed by atoms with Crippen molar-refractivity contribution in [2.24, 2.45) is 0 Å². The monoisotopic (exact) mass is 330 g/mol. The maximum atomic E-state index is 12.0. The minimum absolute atomic E-state index is 0.0300. The van der Waals surface area contributed by atoms with E-state index in [0.29, 0.717) is 29.5 Å². The molecule has 98 valence electrons. The standard InChI is InChI=1S/C13H15BrO3S/c1-3-17-13(16)9-4-5-12(18-2)10(8-9)11(15)6-7-14/h4-5,8H,3,6-7H2,1-2H3. The fourth-order valence-corrected chi connectivity index (χ4v) is 2.44. The molecule has 1 aromatic rings. The third-order valence-electron chi connectivity index (χ3n) is 2.33. The van der Waals surface area contributed by atoms with Crippen molar-refractivity contribution in [2.75, 3.05) is 18.2 Å². The molecule has 3 nitrogen and oxygen atoms in total. The summed E-state index contributed by atoms with van der Waals surface area (Å²) in [5, 5.41) is 0.614. The van der Waals surface area contributed by atoms with Gasteiger partial charge in [-0.3, -0.25) is 4.79 Å². The average Bonchev–Trinajstić information content (AvgIpc) is 2.38. The first-order valence-electron chi connectivity index (χ1n) is 5.58. The van der Waals surface area contributed by atoms with Gasteiger partial charge in [0.1, 0.15) is 0 Å². The molecule has 1 aromatic carbocycles. The van der Waals surface area contributed by atoms with Gasteiger partial charge in [0.15, 0.2) is 5.78 Å². The van der Waals surface area contributed by atoms with Gasteiger partial charge in [-0.2, -0.15) is 0 Å². The first kappa shape index (κ1) is 15.2. The van der Waals surface area contributed by atoms with Gasteiger partial charge in [-0.05, 0) is 31.4 Å². The van der Waals surface area contributed by atoms with Crippen LogP contribution in [0.15, 0.2) is 23.1 Å². The summed E-state index contributed by atoms with van der Waals surface area (Å²) in [6, 6.07) is 5.10. The van der Waals surface area contributed by atoms with Crippen molar-refractivity contribution < 1.29 is 14.3 Å². The number of hydrogen-bond donors (Lipinski definition) is 0. The molecule has 1 rings (SSSR count). The van der Waals surface area contributed by atoms with E-state index in [0.717, 1.165) is 4.90 Å². The molecule has 5 heteroatoms. The quantitative estimate of drug-likeness (QED) is 0.346. The minimum Gasteiger partial charge on any atom is -0.462 e. The lowest BCUT2D eigenvalue weighted by Crippen LogP contribution is -2.08. The van der Waals surface area contributed by atoms with Crippen molar-refractivity contribution in [3.05, 3.63) is 29.3 Å². The summed E-state index contributed by atoms with van der Waals surface area (Å²) in [4.78, 5) is 24.5. The lowest BCUT2D eigenvalue weighted by atomic mass is 10.1. The van der Waals surface area contributed by atoms with E-state index in [1.165, 1.54) is 11.8 Å². The highest BCUT2D eigenvalue weighted by Gasteiger charge is 2.15. The number of carbonyl (C=O) groups is 2. The number of hydrogen-bond acceptors (Lipinski definition) is 4. The second-order valence-electron chi connectivity index (χ2n) is 3.50. The van der Waals surface area contributed by atoms with E-state index in [1.807, 2.05) is 6.26 Å². The summed E-state index contributed by atoms with van der Waals surface area (Å²) in [6.07, 6.45) is 2.32. The zero-order chi connectivity index (χ0) is 13.5. The fraction of sp³-hybridized carbons (Fsp3) is 0.385. The number of ether oxygens (including phenoxy) is 1. The summed E-state index contributed by atoms with van der Waals surface area (Å²) >= 11 is 4.74. The van der Waals surface area contributed by atoms with Crippen LogP contribution in [0.4, 0.5) is 0 Å². The SMILES string of the molecule is CCOC(=O)c1ccc(SC)c(C(=O)CCBr)c1. The lowest BCUT2D eigenvalue weighted by molar-refractivity contribution is 0.0526. The number of ketones is 1. The molecule has 0 saturated carbocycles. The van der Waals surface area contributed by atoms with Crippen LogP contribution < -0.4 is 0 Å². The summed E-state index contributed by atoms with van der Waals surface area (Å²) in [6.45, 7) is 2.08. The highest BCUT2D eigenvalue weighted by Crippen LogP contribution is 2.23. The largest absolute Gasteiger partial charge is 0.462 e. The van der Waals surface area contributed by atoms with Crippen LogP contribution in [0, 0.1) is 0 Å². The normalized spacial score (nSPS) is 10.2. The maximum absolute atomic E-state index is 12.0. The van der Waals surface area contributed by atoms with E-state index in [1.54, 1.807) is 25.1 Å². The van der Waals surface area contributed by atoms with Gasteiger partial charge in [0.05, 0.1) is 12.2 Å². The van der Waals surface area contributed by atoms with Gasteiger partial charge < -0.3 is 4.74 Å². The molecule has 0 N–H and O–H groups in total. The molecule has 0 bridgehead atoms. The number of rotatable bonds is 6. The molecule has 0 fully saturated rings. The predicted octanol–water partition coefficient (Wildman–Crippen LogP) is 3.55. The van der Waals surface area contributed by atoms with E-state index in [9.17, 15) is 9.59 Å². The molecule has 0 aliphatic rings. The molecule has 0 radical (unpaired) electrons. The Morgan fingerprint density at radius 2 is 2.11 bits per heavy atom. The third kappa shape index (κ3) is 3.85. The summed E-state index contributed by atoms with van der Waals surface area (Å²) < 4.78 is 4.93. The molecule has 0 saturated heterocycles. The van der Waals surface area contributed by atoms with Gasteiger partial charge in [0, 0.05) is 22.2 Å². The molecule has 0 heterocycles. The van der Waals surface area contributed by atoms with Crippen molar-refractivity contribution in [1.82, 2.24) is 0 Å². The highest BCUT2D eigenvalue weighted by molar-refractivity contribution is 9.09. The first-order valence-corrected chi connectivity index (χ1v) is 7.93. The zero-order valence-electron chi connectivity index (χ0n) is 10.4. The second kappa shape index (κ2) is 7.59. The predicted molar refractivity (Wildman–Crippen MR) is 76.9 cm³/mol. The van der Waals surface area contributed by atoms with Gasteiger partial charge in [0.25, 0.3) is 0 Å². The molecule has 0 spiro atoms. The van der Waals surface area contributed by atoms with Crippen molar-refractivity contribution in [2.45, 2.75) is 18.2 Å². The molecular formula is C13H15BrO3S. The molecule has 0 amide bonds. The fourth-order valence-electron chi connectivity index (χ4n) is 1.49. The molecule has 0 aliphatic carbocycles. The topological polar surface area (TPSA) is 43.4 Å². The van der Waals surface area contributed by atoms with E-state index in [-0.39, 0.29) is 5.78 Å². The minimum atomic E-state index is -0.391.